The summed E-state index contributed by atoms with van der Waals surface area (Å²) in [5.41, 5.74) is 0.969. The van der Waals surface area contributed by atoms with Gasteiger partial charge in [0.2, 0.25) is 5.88 Å². The number of rotatable bonds is 4. The maximum Gasteiger partial charge on any atom is 0.392 e. The Morgan fingerprint density at radius 3 is 2.54 bits per heavy atom. The van der Waals surface area contributed by atoms with Gasteiger partial charge in [0.25, 0.3) is 0 Å². The number of nitrogens with zero attached hydrogens (tertiary/aromatic N) is 4. The molecule has 6 nitrogen and oxygen atoms in total. The minimum absolute atomic E-state index is 0.00932. The van der Waals surface area contributed by atoms with Crippen molar-refractivity contribution in [2.24, 2.45) is 5.92 Å². The maximum atomic E-state index is 12.8. The zero-order chi connectivity index (χ0) is 17.5. The molecule has 0 N–H and O–H groups in total. The number of alkyl halides is 3. The van der Waals surface area contributed by atoms with Crippen LogP contribution in [0.3, 0.4) is 0 Å². The van der Waals surface area contributed by atoms with Gasteiger partial charge in [-0.3, -0.25) is 0 Å². The highest BCUT2D eigenvalue weighted by atomic mass is 35.5. The van der Waals surface area contributed by atoms with E-state index in [1.165, 1.54) is 26.5 Å². The summed E-state index contributed by atoms with van der Waals surface area (Å²) in [7, 11) is 2.80. The van der Waals surface area contributed by atoms with E-state index in [0.29, 0.717) is 11.1 Å². The van der Waals surface area contributed by atoms with Gasteiger partial charge in [0.1, 0.15) is 5.69 Å². The molecule has 1 saturated carbocycles. The molecule has 2 atom stereocenters. The molecule has 0 spiro atoms. The summed E-state index contributed by atoms with van der Waals surface area (Å²) < 4.78 is 48.5. The standard InChI is InChI=1S/C14H12ClF3N4O2/c1-23-12-8(5-19-13(20-12)24-2)10-4-7(11(15)22-21-10)6-3-9(6)14(16,17)18/h4-6,9H,3H2,1-2H3/t6-,9+/m0/s1. The normalized spacial score (nSPS) is 19.9. The molecule has 2 aromatic heterocycles. The predicted octanol–water partition coefficient (Wildman–Crippen LogP) is 3.27. The lowest BCUT2D eigenvalue weighted by molar-refractivity contribution is -0.148. The Morgan fingerprint density at radius 2 is 1.96 bits per heavy atom. The van der Waals surface area contributed by atoms with Gasteiger partial charge in [0.15, 0.2) is 5.15 Å². The lowest BCUT2D eigenvalue weighted by Gasteiger charge is -2.10. The van der Waals surface area contributed by atoms with Crippen LogP contribution in [0.4, 0.5) is 13.2 Å². The highest BCUT2D eigenvalue weighted by molar-refractivity contribution is 6.30. The number of halogens is 4. The van der Waals surface area contributed by atoms with E-state index in [9.17, 15) is 13.2 Å². The van der Waals surface area contributed by atoms with E-state index in [1.807, 2.05) is 0 Å². The molecular formula is C14H12ClF3N4O2. The largest absolute Gasteiger partial charge is 0.480 e. The fourth-order valence-corrected chi connectivity index (χ4v) is 2.70. The smallest absolute Gasteiger partial charge is 0.392 e. The topological polar surface area (TPSA) is 70.0 Å². The average molecular weight is 361 g/mol. The van der Waals surface area contributed by atoms with Gasteiger partial charge in [0.05, 0.1) is 25.7 Å². The van der Waals surface area contributed by atoms with Crippen LogP contribution in [0.1, 0.15) is 17.9 Å². The Balaban J connectivity index is 1.98. The van der Waals surface area contributed by atoms with E-state index in [4.69, 9.17) is 21.1 Å². The number of hydrogen-bond donors (Lipinski definition) is 0. The zero-order valence-electron chi connectivity index (χ0n) is 12.6. The third kappa shape index (κ3) is 3.08. The Labute approximate surface area is 140 Å². The number of ether oxygens (including phenoxy) is 2. The molecule has 0 unspecified atom stereocenters. The van der Waals surface area contributed by atoms with Crippen molar-refractivity contribution in [3.05, 3.63) is 23.0 Å². The molecule has 2 heterocycles. The quantitative estimate of drug-likeness (QED) is 0.833. The van der Waals surface area contributed by atoms with Crippen molar-refractivity contribution in [2.75, 3.05) is 14.2 Å². The zero-order valence-corrected chi connectivity index (χ0v) is 13.4. The van der Waals surface area contributed by atoms with Crippen LogP contribution in [0.5, 0.6) is 11.9 Å². The number of methoxy groups -OCH3 is 2. The van der Waals surface area contributed by atoms with Crippen LogP contribution in [0.15, 0.2) is 12.3 Å². The molecule has 1 aliphatic rings. The highest BCUT2D eigenvalue weighted by Gasteiger charge is 2.56. The molecule has 0 aromatic carbocycles. The van der Waals surface area contributed by atoms with Gasteiger partial charge >= 0.3 is 12.2 Å². The molecule has 1 fully saturated rings. The van der Waals surface area contributed by atoms with Crippen LogP contribution in [0.25, 0.3) is 11.3 Å². The highest BCUT2D eigenvalue weighted by Crippen LogP contribution is 2.57. The van der Waals surface area contributed by atoms with E-state index >= 15 is 0 Å². The Morgan fingerprint density at radius 1 is 1.21 bits per heavy atom. The second-order valence-electron chi connectivity index (χ2n) is 5.25. The lowest BCUT2D eigenvalue weighted by atomic mass is 10.1. The molecule has 3 rings (SSSR count). The van der Waals surface area contributed by atoms with Gasteiger partial charge < -0.3 is 9.47 Å². The van der Waals surface area contributed by atoms with Crippen molar-refractivity contribution in [1.82, 2.24) is 20.2 Å². The molecule has 128 valence electrons. The van der Waals surface area contributed by atoms with Crippen LogP contribution in [-0.4, -0.2) is 40.6 Å². The van der Waals surface area contributed by atoms with Gasteiger partial charge in [-0.2, -0.15) is 18.2 Å². The van der Waals surface area contributed by atoms with E-state index in [1.54, 1.807) is 0 Å². The molecule has 0 aliphatic heterocycles. The van der Waals surface area contributed by atoms with E-state index in [-0.39, 0.29) is 29.2 Å². The molecule has 10 heteroatoms. The summed E-state index contributed by atoms with van der Waals surface area (Å²) in [5, 5.41) is 7.63. The van der Waals surface area contributed by atoms with Crippen molar-refractivity contribution < 1.29 is 22.6 Å². The molecule has 24 heavy (non-hydrogen) atoms. The minimum Gasteiger partial charge on any atom is -0.480 e. The minimum atomic E-state index is -4.25. The Kier molecular flexibility index (Phi) is 4.20. The fourth-order valence-electron chi connectivity index (χ4n) is 2.46. The van der Waals surface area contributed by atoms with Crippen LogP contribution < -0.4 is 9.47 Å². The third-order valence-corrected chi connectivity index (χ3v) is 4.06. The predicted molar refractivity (Wildman–Crippen MR) is 78.1 cm³/mol. The summed E-state index contributed by atoms with van der Waals surface area (Å²) in [6, 6.07) is 1.57. The molecule has 1 aliphatic carbocycles. The van der Waals surface area contributed by atoms with E-state index in [0.717, 1.165) is 0 Å². The third-order valence-electron chi connectivity index (χ3n) is 3.77. The van der Waals surface area contributed by atoms with Crippen molar-refractivity contribution >= 4 is 11.6 Å². The SMILES string of the molecule is COc1ncc(-c2cc([C@@H]3C[C@H]3C(F)(F)F)c(Cl)nn2)c(OC)n1. The van der Waals surface area contributed by atoms with Crippen molar-refractivity contribution in [2.45, 2.75) is 18.5 Å². The first-order chi connectivity index (χ1) is 11.3. The van der Waals surface area contributed by atoms with Gasteiger partial charge in [0, 0.05) is 6.20 Å². The van der Waals surface area contributed by atoms with Crippen LogP contribution >= 0.6 is 11.6 Å². The molecule has 0 radical (unpaired) electrons. The summed E-state index contributed by atoms with van der Waals surface area (Å²) in [6.45, 7) is 0. The van der Waals surface area contributed by atoms with Gasteiger partial charge in [-0.05, 0) is 24.0 Å². The average Bonchev–Trinajstić information content (AvgIpc) is 3.35. The Hall–Kier alpha value is -2.16. The van der Waals surface area contributed by atoms with Crippen molar-refractivity contribution in [3.63, 3.8) is 0 Å². The first-order valence-electron chi connectivity index (χ1n) is 6.90. The number of hydrogen-bond acceptors (Lipinski definition) is 6. The maximum absolute atomic E-state index is 12.8. The van der Waals surface area contributed by atoms with Crippen LogP contribution in [-0.2, 0) is 0 Å². The monoisotopic (exact) mass is 360 g/mol. The second-order valence-corrected chi connectivity index (χ2v) is 5.60. The summed E-state index contributed by atoms with van der Waals surface area (Å²) in [6.07, 6.45) is -2.86. The first-order valence-corrected chi connectivity index (χ1v) is 7.28. The number of aromatic nitrogens is 4. The molecule has 0 saturated heterocycles. The lowest BCUT2D eigenvalue weighted by Crippen LogP contribution is -2.11. The molecule has 2 aromatic rings. The summed E-state index contributed by atoms with van der Waals surface area (Å²) in [5.74, 6) is -1.94. The van der Waals surface area contributed by atoms with Crippen molar-refractivity contribution in [1.29, 1.82) is 0 Å². The summed E-state index contributed by atoms with van der Waals surface area (Å²) >= 11 is 5.93. The molecule has 0 amide bonds. The summed E-state index contributed by atoms with van der Waals surface area (Å²) in [4.78, 5) is 7.97. The van der Waals surface area contributed by atoms with Gasteiger partial charge in [-0.1, -0.05) is 11.6 Å². The Bertz CT molecular complexity index is 772. The molecular weight excluding hydrogens is 349 g/mol. The first kappa shape index (κ1) is 16.7. The van der Waals surface area contributed by atoms with Crippen molar-refractivity contribution in [3.8, 4) is 23.1 Å². The van der Waals surface area contributed by atoms with Crippen LogP contribution in [0.2, 0.25) is 5.15 Å². The fraction of sp³-hybridized carbons (Fsp3) is 0.429. The van der Waals surface area contributed by atoms with E-state index < -0.39 is 18.0 Å². The molecule has 0 bridgehead atoms. The van der Waals surface area contributed by atoms with Crippen LogP contribution in [0, 0.1) is 5.92 Å². The van der Waals surface area contributed by atoms with Gasteiger partial charge in [-0.15, -0.1) is 10.2 Å². The van der Waals surface area contributed by atoms with E-state index in [2.05, 4.69) is 20.2 Å². The van der Waals surface area contributed by atoms with Gasteiger partial charge in [-0.25, -0.2) is 4.98 Å². The second kappa shape index (κ2) is 6.04.